The van der Waals surface area contributed by atoms with E-state index in [9.17, 15) is 9.59 Å². The maximum atomic E-state index is 12.0. The minimum atomic E-state index is -1.04. The normalized spacial score (nSPS) is 10.2. The van der Waals surface area contributed by atoms with E-state index in [1.807, 2.05) is 6.92 Å². The van der Waals surface area contributed by atoms with Crippen LogP contribution in [0, 0.1) is 0 Å². The standard InChI is InChI=1S/C15H16N2O5/c1-2-12-14(17-9-22-12)15(20)16-7-10-4-3-5-11(6-10)21-8-13(18)19/h3-6,9H,2,7-8H2,1H3,(H,16,20)(H,18,19). The SMILES string of the molecule is CCc1ocnc1C(=O)NCc1cccc(OCC(=O)O)c1. The number of nitrogens with zero attached hydrogens (tertiary/aromatic N) is 1. The molecule has 0 spiro atoms. The summed E-state index contributed by atoms with van der Waals surface area (Å²) in [6, 6.07) is 6.86. The van der Waals surface area contributed by atoms with Crippen LogP contribution in [0.4, 0.5) is 0 Å². The van der Waals surface area contributed by atoms with E-state index in [1.54, 1.807) is 24.3 Å². The molecule has 2 N–H and O–H groups in total. The molecule has 1 aromatic carbocycles. The molecule has 1 heterocycles. The number of benzene rings is 1. The van der Waals surface area contributed by atoms with Gasteiger partial charge in [-0.2, -0.15) is 0 Å². The summed E-state index contributed by atoms with van der Waals surface area (Å²) < 4.78 is 10.2. The van der Waals surface area contributed by atoms with E-state index in [1.165, 1.54) is 6.39 Å². The van der Waals surface area contributed by atoms with Crippen LogP contribution in [0.15, 0.2) is 35.1 Å². The average molecular weight is 304 g/mol. The van der Waals surface area contributed by atoms with Crippen molar-refractivity contribution >= 4 is 11.9 Å². The van der Waals surface area contributed by atoms with E-state index in [0.29, 0.717) is 17.9 Å². The zero-order valence-electron chi connectivity index (χ0n) is 12.0. The van der Waals surface area contributed by atoms with Crippen LogP contribution in [0.25, 0.3) is 0 Å². The Morgan fingerprint density at radius 3 is 2.95 bits per heavy atom. The first-order valence-electron chi connectivity index (χ1n) is 6.74. The summed E-state index contributed by atoms with van der Waals surface area (Å²) in [5.41, 5.74) is 1.07. The van der Waals surface area contributed by atoms with Gasteiger partial charge in [-0.25, -0.2) is 9.78 Å². The summed E-state index contributed by atoms with van der Waals surface area (Å²) in [5, 5.41) is 11.3. The summed E-state index contributed by atoms with van der Waals surface area (Å²) >= 11 is 0. The summed E-state index contributed by atoms with van der Waals surface area (Å²) in [7, 11) is 0. The third-order valence-electron chi connectivity index (χ3n) is 2.89. The first-order chi connectivity index (χ1) is 10.6. The third-order valence-corrected chi connectivity index (χ3v) is 2.89. The topological polar surface area (TPSA) is 102 Å². The second-order valence-electron chi connectivity index (χ2n) is 4.49. The lowest BCUT2D eigenvalue weighted by atomic mass is 10.2. The number of hydrogen-bond donors (Lipinski definition) is 2. The summed E-state index contributed by atoms with van der Waals surface area (Å²) in [4.78, 5) is 26.4. The molecule has 0 fully saturated rings. The predicted octanol–water partition coefficient (Wildman–Crippen LogP) is 1.63. The first-order valence-corrected chi connectivity index (χ1v) is 6.74. The third kappa shape index (κ3) is 4.08. The number of carboxylic acids is 1. The van der Waals surface area contributed by atoms with Crippen LogP contribution in [0.1, 0.15) is 28.7 Å². The van der Waals surface area contributed by atoms with Gasteiger partial charge < -0.3 is 19.6 Å². The van der Waals surface area contributed by atoms with Crippen molar-refractivity contribution in [2.75, 3.05) is 6.61 Å². The van der Waals surface area contributed by atoms with E-state index in [4.69, 9.17) is 14.3 Å². The van der Waals surface area contributed by atoms with Gasteiger partial charge in [0.05, 0.1) is 0 Å². The Kier molecular flexibility index (Phi) is 5.13. The van der Waals surface area contributed by atoms with Crippen molar-refractivity contribution in [2.24, 2.45) is 0 Å². The molecule has 0 unspecified atom stereocenters. The number of nitrogens with one attached hydrogen (secondary N) is 1. The van der Waals surface area contributed by atoms with Crippen molar-refractivity contribution in [3.63, 3.8) is 0 Å². The van der Waals surface area contributed by atoms with E-state index in [0.717, 1.165) is 5.56 Å². The van der Waals surface area contributed by atoms with Crippen molar-refractivity contribution in [3.8, 4) is 5.75 Å². The van der Waals surface area contributed by atoms with Gasteiger partial charge in [-0.1, -0.05) is 19.1 Å². The molecule has 2 aromatic rings. The zero-order chi connectivity index (χ0) is 15.9. The molecule has 0 bridgehead atoms. The Balaban J connectivity index is 1.95. The Morgan fingerprint density at radius 1 is 1.41 bits per heavy atom. The summed E-state index contributed by atoms with van der Waals surface area (Å²) in [6.45, 7) is 1.74. The number of aryl methyl sites for hydroxylation is 1. The highest BCUT2D eigenvalue weighted by atomic mass is 16.5. The van der Waals surface area contributed by atoms with Crippen molar-refractivity contribution in [1.82, 2.24) is 10.3 Å². The van der Waals surface area contributed by atoms with Crippen LogP contribution in [-0.2, 0) is 17.8 Å². The van der Waals surface area contributed by atoms with Crippen molar-refractivity contribution < 1.29 is 23.8 Å². The Bertz CT molecular complexity index is 665. The van der Waals surface area contributed by atoms with E-state index in [-0.39, 0.29) is 18.1 Å². The van der Waals surface area contributed by atoms with Crippen molar-refractivity contribution in [1.29, 1.82) is 0 Å². The first kappa shape index (κ1) is 15.6. The lowest BCUT2D eigenvalue weighted by Crippen LogP contribution is -2.24. The van der Waals surface area contributed by atoms with Crippen LogP contribution >= 0.6 is 0 Å². The van der Waals surface area contributed by atoms with Gasteiger partial charge in [0.15, 0.2) is 18.7 Å². The Morgan fingerprint density at radius 2 is 2.23 bits per heavy atom. The fourth-order valence-corrected chi connectivity index (χ4v) is 1.86. The highest BCUT2D eigenvalue weighted by Gasteiger charge is 2.14. The van der Waals surface area contributed by atoms with Gasteiger partial charge in [0.25, 0.3) is 5.91 Å². The highest BCUT2D eigenvalue weighted by molar-refractivity contribution is 5.93. The number of rotatable bonds is 7. The second-order valence-corrected chi connectivity index (χ2v) is 4.49. The molecule has 0 radical (unpaired) electrons. The van der Waals surface area contributed by atoms with Crippen LogP contribution in [-0.4, -0.2) is 28.6 Å². The number of ether oxygens (including phenoxy) is 1. The number of aliphatic carboxylic acids is 1. The maximum absolute atomic E-state index is 12.0. The van der Waals surface area contributed by atoms with Gasteiger partial charge >= 0.3 is 5.97 Å². The fraction of sp³-hybridized carbons (Fsp3) is 0.267. The number of aromatic nitrogens is 1. The fourth-order valence-electron chi connectivity index (χ4n) is 1.86. The van der Waals surface area contributed by atoms with E-state index in [2.05, 4.69) is 10.3 Å². The Labute approximate surface area is 126 Å². The van der Waals surface area contributed by atoms with Crippen molar-refractivity contribution in [2.45, 2.75) is 19.9 Å². The molecule has 0 aliphatic carbocycles. The molecular weight excluding hydrogens is 288 g/mol. The van der Waals surface area contributed by atoms with Gasteiger partial charge in [-0.15, -0.1) is 0 Å². The van der Waals surface area contributed by atoms with Crippen LogP contribution in [0.5, 0.6) is 5.75 Å². The molecule has 0 saturated heterocycles. The molecule has 0 atom stereocenters. The molecule has 0 aliphatic rings. The summed E-state index contributed by atoms with van der Waals surface area (Å²) in [6.07, 6.45) is 1.83. The number of hydrogen-bond acceptors (Lipinski definition) is 5. The molecular formula is C15H16N2O5. The molecule has 116 valence electrons. The molecule has 2 rings (SSSR count). The van der Waals surface area contributed by atoms with Gasteiger partial charge in [-0.05, 0) is 17.7 Å². The van der Waals surface area contributed by atoms with E-state index >= 15 is 0 Å². The monoisotopic (exact) mass is 304 g/mol. The molecule has 1 aromatic heterocycles. The number of carbonyl (C=O) groups excluding carboxylic acids is 1. The van der Waals surface area contributed by atoms with Crippen LogP contribution in [0.2, 0.25) is 0 Å². The largest absolute Gasteiger partial charge is 0.482 e. The predicted molar refractivity (Wildman–Crippen MR) is 76.6 cm³/mol. The number of oxazole rings is 1. The number of carboxylic acid groups (broad SMARTS) is 1. The summed E-state index contributed by atoms with van der Waals surface area (Å²) in [5.74, 6) is -0.389. The van der Waals surface area contributed by atoms with Gasteiger partial charge in [0, 0.05) is 13.0 Å². The molecule has 1 amide bonds. The Hall–Kier alpha value is -2.83. The molecule has 22 heavy (non-hydrogen) atoms. The minimum Gasteiger partial charge on any atom is -0.482 e. The minimum absolute atomic E-state index is 0.277. The number of carbonyl (C=O) groups is 2. The van der Waals surface area contributed by atoms with Crippen molar-refractivity contribution in [3.05, 3.63) is 47.7 Å². The zero-order valence-corrected chi connectivity index (χ0v) is 12.0. The van der Waals surface area contributed by atoms with Gasteiger partial charge in [0.1, 0.15) is 11.5 Å². The van der Waals surface area contributed by atoms with Gasteiger partial charge in [0.2, 0.25) is 0 Å². The second kappa shape index (κ2) is 7.26. The lowest BCUT2D eigenvalue weighted by molar-refractivity contribution is -0.139. The van der Waals surface area contributed by atoms with Gasteiger partial charge in [-0.3, -0.25) is 4.79 Å². The van der Waals surface area contributed by atoms with E-state index < -0.39 is 12.6 Å². The molecule has 7 nitrogen and oxygen atoms in total. The van der Waals surface area contributed by atoms with Crippen LogP contribution < -0.4 is 10.1 Å². The molecule has 0 saturated carbocycles. The number of amides is 1. The maximum Gasteiger partial charge on any atom is 0.341 e. The lowest BCUT2D eigenvalue weighted by Gasteiger charge is -2.07. The molecule has 0 aliphatic heterocycles. The quantitative estimate of drug-likeness (QED) is 0.806. The smallest absolute Gasteiger partial charge is 0.341 e. The highest BCUT2D eigenvalue weighted by Crippen LogP contribution is 2.13. The van der Waals surface area contributed by atoms with Crippen LogP contribution in [0.3, 0.4) is 0 Å². The average Bonchev–Trinajstić information content (AvgIpc) is 2.99. The molecule has 7 heteroatoms.